The van der Waals surface area contributed by atoms with Gasteiger partial charge in [0.15, 0.2) is 5.76 Å². The lowest BCUT2D eigenvalue weighted by molar-refractivity contribution is -0.150. The smallest absolute Gasteiger partial charge is 0.311 e. The molecule has 1 aromatic heterocycles. The summed E-state index contributed by atoms with van der Waals surface area (Å²) in [5, 5.41) is 11.8. The number of amides is 1. The number of carbonyl (C=O) groups is 2. The van der Waals surface area contributed by atoms with Crippen LogP contribution in [-0.2, 0) is 4.79 Å². The maximum absolute atomic E-state index is 11.8. The van der Waals surface area contributed by atoms with Crippen LogP contribution in [0, 0.1) is 5.41 Å². The van der Waals surface area contributed by atoms with Crippen molar-refractivity contribution in [2.75, 3.05) is 0 Å². The van der Waals surface area contributed by atoms with Gasteiger partial charge in [-0.3, -0.25) is 9.59 Å². The van der Waals surface area contributed by atoms with E-state index in [1.807, 2.05) is 0 Å². The van der Waals surface area contributed by atoms with Crippen LogP contribution < -0.4 is 5.32 Å². The number of carboxylic acids is 1. The maximum Gasteiger partial charge on any atom is 0.311 e. The highest BCUT2D eigenvalue weighted by Gasteiger charge is 2.44. The zero-order valence-corrected chi connectivity index (χ0v) is 10.4. The highest BCUT2D eigenvalue weighted by Crippen LogP contribution is 2.30. The molecule has 1 aromatic rings. The highest BCUT2D eigenvalue weighted by molar-refractivity contribution is 5.92. The number of hydrogen-bond donors (Lipinski definition) is 2. The lowest BCUT2D eigenvalue weighted by Crippen LogP contribution is -2.56. The number of hydrogen-bond acceptors (Lipinski definition) is 3. The van der Waals surface area contributed by atoms with Crippen LogP contribution in [0.5, 0.6) is 0 Å². The summed E-state index contributed by atoms with van der Waals surface area (Å²) in [5.41, 5.74) is -1.99. The van der Waals surface area contributed by atoms with Crippen LogP contribution in [0.25, 0.3) is 0 Å². The third-order valence-electron chi connectivity index (χ3n) is 3.27. The Morgan fingerprint density at radius 2 is 1.88 bits per heavy atom. The van der Waals surface area contributed by atoms with Gasteiger partial charge in [-0.1, -0.05) is 0 Å². The summed E-state index contributed by atoms with van der Waals surface area (Å²) in [5.74, 6) is -1.23. The zero-order valence-electron chi connectivity index (χ0n) is 10.4. The third-order valence-corrected chi connectivity index (χ3v) is 3.27. The predicted molar refractivity (Wildman–Crippen MR) is 61.7 cm³/mol. The van der Waals surface area contributed by atoms with Crippen LogP contribution in [0.3, 0.4) is 0 Å². The molecule has 2 N–H and O–H groups in total. The Kier molecular flexibility index (Phi) is 3.31. The first-order chi connectivity index (χ1) is 7.68. The van der Waals surface area contributed by atoms with E-state index in [9.17, 15) is 9.59 Å². The summed E-state index contributed by atoms with van der Waals surface area (Å²) < 4.78 is 4.95. The summed E-state index contributed by atoms with van der Waals surface area (Å²) in [6.45, 7) is 6.47. The number of carboxylic acid groups (broad SMARTS) is 1. The molecule has 0 aliphatic carbocycles. The number of rotatable bonds is 4. The molecule has 1 heterocycles. The standard InChI is InChI=1S/C12H17NO4/c1-11(2,10(15)16)12(3,4)13-9(14)8-6-5-7-17-8/h5-7H,1-4H3,(H,13,14)(H,15,16). The number of furan rings is 1. The van der Waals surface area contributed by atoms with Crippen molar-refractivity contribution in [1.29, 1.82) is 0 Å². The first-order valence-corrected chi connectivity index (χ1v) is 5.28. The molecule has 0 saturated heterocycles. The molecular weight excluding hydrogens is 222 g/mol. The van der Waals surface area contributed by atoms with E-state index in [0.29, 0.717) is 0 Å². The Bertz CT molecular complexity index is 418. The second kappa shape index (κ2) is 4.24. The van der Waals surface area contributed by atoms with Crippen LogP contribution in [0.1, 0.15) is 38.2 Å². The molecule has 0 saturated carbocycles. The Morgan fingerprint density at radius 1 is 1.29 bits per heavy atom. The van der Waals surface area contributed by atoms with Crippen molar-refractivity contribution in [3.05, 3.63) is 24.2 Å². The second-order valence-corrected chi connectivity index (χ2v) is 4.99. The van der Waals surface area contributed by atoms with Crippen molar-refractivity contribution in [3.63, 3.8) is 0 Å². The molecule has 94 valence electrons. The van der Waals surface area contributed by atoms with Crippen LogP contribution >= 0.6 is 0 Å². The topological polar surface area (TPSA) is 79.5 Å². The van der Waals surface area contributed by atoms with E-state index in [1.165, 1.54) is 12.3 Å². The van der Waals surface area contributed by atoms with Crippen LogP contribution in [0.2, 0.25) is 0 Å². The number of aliphatic carboxylic acids is 1. The average Bonchev–Trinajstić information content (AvgIpc) is 2.68. The third kappa shape index (κ3) is 2.49. The van der Waals surface area contributed by atoms with Crippen molar-refractivity contribution in [2.24, 2.45) is 5.41 Å². The van der Waals surface area contributed by atoms with E-state index in [2.05, 4.69) is 5.32 Å². The molecule has 5 heteroatoms. The first-order valence-electron chi connectivity index (χ1n) is 5.28. The molecule has 0 bridgehead atoms. The summed E-state index contributed by atoms with van der Waals surface area (Å²) >= 11 is 0. The van der Waals surface area contributed by atoms with Gasteiger partial charge >= 0.3 is 5.97 Å². The van der Waals surface area contributed by atoms with Gasteiger partial charge in [-0.15, -0.1) is 0 Å². The summed E-state index contributed by atoms with van der Waals surface area (Å²) in [4.78, 5) is 23.0. The van der Waals surface area contributed by atoms with E-state index < -0.39 is 22.8 Å². The fraction of sp³-hybridized carbons (Fsp3) is 0.500. The van der Waals surface area contributed by atoms with Crippen molar-refractivity contribution < 1.29 is 19.1 Å². The Hall–Kier alpha value is -1.78. The molecule has 17 heavy (non-hydrogen) atoms. The molecule has 1 rings (SSSR count). The summed E-state index contributed by atoms with van der Waals surface area (Å²) in [6, 6.07) is 3.13. The van der Waals surface area contributed by atoms with Crippen molar-refractivity contribution >= 4 is 11.9 Å². The molecule has 0 aromatic carbocycles. The van der Waals surface area contributed by atoms with Crippen LogP contribution in [0.4, 0.5) is 0 Å². The summed E-state index contributed by atoms with van der Waals surface area (Å²) in [6.07, 6.45) is 1.39. The zero-order chi connectivity index (χ0) is 13.3. The fourth-order valence-corrected chi connectivity index (χ4v) is 1.18. The molecule has 0 spiro atoms. The van der Waals surface area contributed by atoms with Crippen LogP contribution in [0.15, 0.2) is 22.8 Å². The van der Waals surface area contributed by atoms with Gasteiger partial charge < -0.3 is 14.8 Å². The van der Waals surface area contributed by atoms with E-state index in [4.69, 9.17) is 9.52 Å². The monoisotopic (exact) mass is 239 g/mol. The second-order valence-electron chi connectivity index (χ2n) is 4.99. The number of carbonyl (C=O) groups excluding carboxylic acids is 1. The summed E-state index contributed by atoms with van der Waals surface area (Å²) in [7, 11) is 0. The molecule has 5 nitrogen and oxygen atoms in total. The molecule has 1 amide bonds. The molecular formula is C12H17NO4. The highest BCUT2D eigenvalue weighted by atomic mass is 16.4. The van der Waals surface area contributed by atoms with Gasteiger partial charge in [0.1, 0.15) is 0 Å². The quantitative estimate of drug-likeness (QED) is 0.841. The van der Waals surface area contributed by atoms with Gasteiger partial charge in [0.05, 0.1) is 17.2 Å². The Morgan fingerprint density at radius 3 is 2.29 bits per heavy atom. The molecule has 0 radical (unpaired) electrons. The Labute approximate surface area is 99.8 Å². The SMILES string of the molecule is CC(C)(NC(=O)c1ccco1)C(C)(C)C(=O)O. The molecule has 0 aliphatic heterocycles. The van der Waals surface area contributed by atoms with Crippen molar-refractivity contribution in [3.8, 4) is 0 Å². The van der Waals surface area contributed by atoms with Crippen molar-refractivity contribution in [1.82, 2.24) is 5.32 Å². The van der Waals surface area contributed by atoms with E-state index >= 15 is 0 Å². The maximum atomic E-state index is 11.8. The molecule has 0 fully saturated rings. The van der Waals surface area contributed by atoms with Crippen LogP contribution in [-0.4, -0.2) is 22.5 Å². The average molecular weight is 239 g/mol. The largest absolute Gasteiger partial charge is 0.481 e. The van der Waals surface area contributed by atoms with Gasteiger partial charge in [-0.2, -0.15) is 0 Å². The van der Waals surface area contributed by atoms with E-state index in [-0.39, 0.29) is 5.76 Å². The van der Waals surface area contributed by atoms with Gasteiger partial charge in [0.25, 0.3) is 5.91 Å². The Balaban J connectivity index is 2.87. The van der Waals surface area contributed by atoms with E-state index in [0.717, 1.165) is 0 Å². The predicted octanol–water partition coefficient (Wildman–Crippen LogP) is 1.90. The lowest BCUT2D eigenvalue weighted by atomic mass is 9.74. The van der Waals surface area contributed by atoms with E-state index in [1.54, 1.807) is 33.8 Å². The normalized spacial score (nSPS) is 12.2. The van der Waals surface area contributed by atoms with Gasteiger partial charge in [0, 0.05) is 0 Å². The number of nitrogens with one attached hydrogen (secondary N) is 1. The minimum atomic E-state index is -1.09. The van der Waals surface area contributed by atoms with Crippen molar-refractivity contribution in [2.45, 2.75) is 33.2 Å². The van der Waals surface area contributed by atoms with Gasteiger partial charge in [-0.05, 0) is 39.8 Å². The van der Waals surface area contributed by atoms with Gasteiger partial charge in [-0.25, -0.2) is 0 Å². The lowest BCUT2D eigenvalue weighted by Gasteiger charge is -2.38. The minimum Gasteiger partial charge on any atom is -0.481 e. The molecule has 0 unspecified atom stereocenters. The molecule has 0 atom stereocenters. The molecule has 0 aliphatic rings. The fourth-order valence-electron chi connectivity index (χ4n) is 1.18. The first kappa shape index (κ1) is 13.3. The minimum absolute atomic E-state index is 0.166. The van der Waals surface area contributed by atoms with Gasteiger partial charge in [0.2, 0.25) is 0 Å².